The maximum Gasteiger partial charge on any atom is 0.307 e. The van der Waals surface area contributed by atoms with Crippen LogP contribution >= 0.6 is 12.4 Å². The lowest BCUT2D eigenvalue weighted by atomic mass is 9.91. The summed E-state index contributed by atoms with van der Waals surface area (Å²) in [6, 6.07) is 10.1. The Morgan fingerprint density at radius 3 is 2.62 bits per heavy atom. The van der Waals surface area contributed by atoms with Crippen molar-refractivity contribution in [1.82, 2.24) is 0 Å². The molecule has 0 aliphatic heterocycles. The zero-order valence-electron chi connectivity index (χ0n) is 15.0. The molecule has 0 saturated carbocycles. The lowest BCUT2D eigenvalue weighted by molar-refractivity contribution is -0.143. The minimum atomic E-state index is -0.813. The maximum absolute atomic E-state index is 14.6. The van der Waals surface area contributed by atoms with E-state index in [2.05, 4.69) is 6.07 Å². The first-order valence-corrected chi connectivity index (χ1v) is 8.10. The van der Waals surface area contributed by atoms with Gasteiger partial charge in [0.05, 0.1) is 24.7 Å². The number of hydrogen-bond donors (Lipinski definition) is 1. The molecule has 138 valence electrons. The number of ether oxygens (including phenoxy) is 1. The Morgan fingerprint density at radius 2 is 2.00 bits per heavy atom. The number of nitrogens with zero attached hydrogens (tertiary/aromatic N) is 1. The van der Waals surface area contributed by atoms with Crippen LogP contribution in [0, 0.1) is 31.0 Å². The third-order valence-corrected chi connectivity index (χ3v) is 4.06. The van der Waals surface area contributed by atoms with E-state index in [-0.39, 0.29) is 31.0 Å². The molecule has 0 amide bonds. The van der Waals surface area contributed by atoms with Gasteiger partial charge in [-0.3, -0.25) is 4.79 Å². The summed E-state index contributed by atoms with van der Waals surface area (Å²) in [7, 11) is 0. The van der Waals surface area contributed by atoms with Crippen LogP contribution in [-0.4, -0.2) is 12.6 Å². The van der Waals surface area contributed by atoms with Gasteiger partial charge < -0.3 is 10.5 Å². The zero-order chi connectivity index (χ0) is 18.6. The Bertz CT molecular complexity index is 846. The van der Waals surface area contributed by atoms with Crippen molar-refractivity contribution in [3.63, 3.8) is 0 Å². The molecule has 26 heavy (non-hydrogen) atoms. The fraction of sp³-hybridized carbons (Fsp3) is 0.300. The molecule has 4 nitrogen and oxygen atoms in total. The fourth-order valence-corrected chi connectivity index (χ4v) is 2.86. The van der Waals surface area contributed by atoms with E-state index < -0.39 is 17.8 Å². The average Bonchev–Trinajstić information content (AvgIpc) is 2.57. The molecule has 0 aliphatic rings. The van der Waals surface area contributed by atoms with Gasteiger partial charge in [0, 0.05) is 17.2 Å². The molecule has 2 aromatic rings. The maximum atomic E-state index is 14.6. The van der Waals surface area contributed by atoms with E-state index in [1.807, 2.05) is 13.0 Å². The van der Waals surface area contributed by atoms with Crippen LogP contribution < -0.4 is 5.73 Å². The van der Waals surface area contributed by atoms with E-state index in [1.54, 1.807) is 38.1 Å². The summed E-state index contributed by atoms with van der Waals surface area (Å²) >= 11 is 0. The van der Waals surface area contributed by atoms with Crippen molar-refractivity contribution in [1.29, 1.82) is 5.26 Å². The molecule has 2 N–H and O–H groups in total. The Hall–Kier alpha value is -2.42. The van der Waals surface area contributed by atoms with Crippen LogP contribution in [0.15, 0.2) is 30.3 Å². The van der Waals surface area contributed by atoms with Crippen LogP contribution in [0.2, 0.25) is 0 Å². The number of benzene rings is 2. The lowest BCUT2D eigenvalue weighted by Gasteiger charge is -2.17. The van der Waals surface area contributed by atoms with Crippen LogP contribution in [0.1, 0.15) is 41.6 Å². The van der Waals surface area contributed by atoms with Crippen molar-refractivity contribution in [3.8, 4) is 17.2 Å². The predicted molar refractivity (Wildman–Crippen MR) is 101 cm³/mol. The quantitative estimate of drug-likeness (QED) is 0.787. The highest BCUT2D eigenvalue weighted by molar-refractivity contribution is 5.85. The van der Waals surface area contributed by atoms with Gasteiger partial charge in [0.1, 0.15) is 5.82 Å². The van der Waals surface area contributed by atoms with Crippen LogP contribution in [0.5, 0.6) is 0 Å². The van der Waals surface area contributed by atoms with Crippen molar-refractivity contribution in [3.05, 3.63) is 58.4 Å². The van der Waals surface area contributed by atoms with Crippen LogP contribution in [-0.2, 0) is 9.53 Å². The summed E-state index contributed by atoms with van der Waals surface area (Å²) < 4.78 is 19.5. The van der Waals surface area contributed by atoms with E-state index in [0.29, 0.717) is 16.7 Å². The molecule has 0 bridgehead atoms. The second-order valence-corrected chi connectivity index (χ2v) is 5.92. The van der Waals surface area contributed by atoms with Gasteiger partial charge >= 0.3 is 5.97 Å². The highest BCUT2D eigenvalue weighted by Gasteiger charge is 2.20. The topological polar surface area (TPSA) is 76.1 Å². The summed E-state index contributed by atoms with van der Waals surface area (Å²) in [6.07, 6.45) is -0.105. The first-order valence-electron chi connectivity index (χ1n) is 8.10. The largest absolute Gasteiger partial charge is 0.466 e. The number of halogens is 2. The summed E-state index contributed by atoms with van der Waals surface area (Å²) in [5.41, 5.74) is 9.59. The Morgan fingerprint density at radius 1 is 1.31 bits per heavy atom. The average molecular weight is 377 g/mol. The van der Waals surface area contributed by atoms with Crippen molar-refractivity contribution < 1.29 is 13.9 Å². The van der Waals surface area contributed by atoms with Gasteiger partial charge in [-0.05, 0) is 55.7 Å². The van der Waals surface area contributed by atoms with Gasteiger partial charge in [-0.25, -0.2) is 4.39 Å². The first-order chi connectivity index (χ1) is 11.9. The normalized spacial score (nSPS) is 11.2. The molecule has 2 aromatic carbocycles. The molecule has 0 aliphatic carbocycles. The molecule has 2 rings (SSSR count). The molecule has 0 fully saturated rings. The number of esters is 1. The van der Waals surface area contributed by atoms with Crippen molar-refractivity contribution >= 4 is 18.4 Å². The van der Waals surface area contributed by atoms with Crippen LogP contribution in [0.25, 0.3) is 11.1 Å². The smallest absolute Gasteiger partial charge is 0.307 e. The third kappa shape index (κ3) is 4.60. The summed E-state index contributed by atoms with van der Waals surface area (Å²) in [4.78, 5) is 11.7. The number of nitrogens with two attached hydrogens (primary N) is 1. The van der Waals surface area contributed by atoms with Crippen molar-refractivity contribution in [2.24, 2.45) is 5.73 Å². The van der Waals surface area contributed by atoms with Gasteiger partial charge in [0.15, 0.2) is 0 Å². The number of rotatable bonds is 5. The van der Waals surface area contributed by atoms with Crippen molar-refractivity contribution in [2.75, 3.05) is 6.61 Å². The number of aryl methyl sites for hydroxylation is 2. The van der Waals surface area contributed by atoms with E-state index in [4.69, 9.17) is 10.5 Å². The monoisotopic (exact) mass is 376 g/mol. The Labute approximate surface area is 159 Å². The van der Waals surface area contributed by atoms with Crippen molar-refractivity contribution in [2.45, 2.75) is 33.2 Å². The highest BCUT2D eigenvalue weighted by atomic mass is 35.5. The minimum Gasteiger partial charge on any atom is -0.466 e. The second kappa shape index (κ2) is 9.33. The SMILES string of the molecule is CCOC(=O)CC(N)c1cc(-c2c(C)cccc2C#N)cc(C)c1F.Cl. The molecular formula is C20H22ClFN2O2. The van der Waals surface area contributed by atoms with Crippen LogP contribution in [0.3, 0.4) is 0 Å². The van der Waals surface area contributed by atoms with Gasteiger partial charge in [0.2, 0.25) is 0 Å². The molecule has 0 spiro atoms. The zero-order valence-corrected chi connectivity index (χ0v) is 15.8. The Kier molecular flexibility index (Phi) is 7.76. The van der Waals surface area contributed by atoms with Gasteiger partial charge in [-0.1, -0.05) is 12.1 Å². The molecule has 0 saturated heterocycles. The van der Waals surface area contributed by atoms with E-state index in [1.165, 1.54) is 0 Å². The van der Waals surface area contributed by atoms with Gasteiger partial charge in [-0.15, -0.1) is 12.4 Å². The first kappa shape index (κ1) is 21.6. The minimum absolute atomic E-state index is 0. The van der Waals surface area contributed by atoms with E-state index in [9.17, 15) is 14.4 Å². The number of carbonyl (C=O) groups is 1. The predicted octanol–water partition coefficient (Wildman–Crippen LogP) is 4.36. The molecule has 1 atom stereocenters. The lowest BCUT2D eigenvalue weighted by Crippen LogP contribution is -2.19. The number of nitriles is 1. The molecular weight excluding hydrogens is 355 g/mol. The molecule has 1 unspecified atom stereocenters. The summed E-state index contributed by atoms with van der Waals surface area (Å²) in [6.45, 7) is 5.50. The van der Waals surface area contributed by atoms with Gasteiger partial charge in [0.25, 0.3) is 0 Å². The molecule has 0 aromatic heterocycles. The van der Waals surface area contributed by atoms with Gasteiger partial charge in [-0.2, -0.15) is 5.26 Å². The summed E-state index contributed by atoms with van der Waals surface area (Å²) in [5, 5.41) is 9.37. The molecule has 0 radical (unpaired) electrons. The molecule has 6 heteroatoms. The second-order valence-electron chi connectivity index (χ2n) is 5.92. The van der Waals surface area contributed by atoms with E-state index >= 15 is 0 Å². The Balaban J connectivity index is 0.00000338. The van der Waals surface area contributed by atoms with Crippen LogP contribution in [0.4, 0.5) is 4.39 Å². The standard InChI is InChI=1S/C20H21FN2O2.ClH/c1-4-25-18(24)10-17(23)16-9-15(8-13(3)20(16)21)19-12(2)6-5-7-14(19)11-22;/h5-9,17H,4,10,23H2,1-3H3;1H. The number of carbonyl (C=O) groups excluding carboxylic acids is 1. The summed E-state index contributed by atoms with van der Waals surface area (Å²) in [5.74, 6) is -0.904. The number of hydrogen-bond acceptors (Lipinski definition) is 4. The third-order valence-electron chi connectivity index (χ3n) is 4.06. The molecule has 0 heterocycles. The van der Waals surface area contributed by atoms with E-state index in [0.717, 1.165) is 11.1 Å². The highest BCUT2D eigenvalue weighted by Crippen LogP contribution is 2.32. The fourth-order valence-electron chi connectivity index (χ4n) is 2.86.